The monoisotopic (exact) mass is 418 g/mol. The summed E-state index contributed by atoms with van der Waals surface area (Å²) in [5, 5.41) is 11.9. The number of aliphatic hydroxyl groups is 1. The first kappa shape index (κ1) is 20.6. The number of halogens is 1. The lowest BCUT2D eigenvalue weighted by molar-refractivity contribution is 0.0779. The van der Waals surface area contributed by atoms with Crippen LogP contribution in [0.15, 0.2) is 70.4 Å². The number of sulfonamides is 1. The summed E-state index contributed by atoms with van der Waals surface area (Å²) in [5.41, 5.74) is 0.271. The van der Waals surface area contributed by atoms with E-state index < -0.39 is 32.6 Å². The molecule has 2 aromatic carbocycles. The van der Waals surface area contributed by atoms with Crippen molar-refractivity contribution < 1.29 is 27.1 Å². The van der Waals surface area contributed by atoms with Crippen LogP contribution in [0.1, 0.15) is 19.4 Å². The molecule has 0 saturated carbocycles. The number of hydrogen-bond donors (Lipinski definition) is 3. The summed E-state index contributed by atoms with van der Waals surface area (Å²) >= 11 is 0. The van der Waals surface area contributed by atoms with Crippen molar-refractivity contribution in [1.82, 2.24) is 4.72 Å². The van der Waals surface area contributed by atoms with Gasteiger partial charge in [-0.15, -0.1) is 0 Å². The minimum atomic E-state index is -4.30. The molecule has 2 amide bonds. The average Bonchev–Trinajstić information content (AvgIpc) is 3.13. The molecule has 3 aromatic rings. The van der Waals surface area contributed by atoms with E-state index in [1.807, 2.05) is 4.72 Å². The Morgan fingerprint density at radius 2 is 1.83 bits per heavy atom. The van der Waals surface area contributed by atoms with Gasteiger partial charge in [0.2, 0.25) is 5.09 Å². The second-order valence-electron chi connectivity index (χ2n) is 6.83. The number of rotatable bonds is 5. The highest BCUT2D eigenvalue weighted by Crippen LogP contribution is 2.28. The van der Waals surface area contributed by atoms with Crippen molar-refractivity contribution in [2.75, 3.05) is 5.32 Å². The fourth-order valence-corrected chi connectivity index (χ4v) is 3.45. The van der Waals surface area contributed by atoms with Gasteiger partial charge in [0.05, 0.1) is 17.6 Å². The molecule has 0 aliphatic carbocycles. The number of carbonyl (C=O) groups excluding carboxylic acids is 1. The van der Waals surface area contributed by atoms with Gasteiger partial charge in [-0.25, -0.2) is 13.9 Å². The highest BCUT2D eigenvalue weighted by Gasteiger charge is 2.26. The van der Waals surface area contributed by atoms with Crippen molar-refractivity contribution in [2.24, 2.45) is 0 Å². The number of nitrogens with one attached hydrogen (secondary N) is 2. The van der Waals surface area contributed by atoms with Crippen LogP contribution in [-0.4, -0.2) is 19.6 Å². The van der Waals surface area contributed by atoms with E-state index in [9.17, 15) is 22.7 Å². The maximum atomic E-state index is 13.5. The van der Waals surface area contributed by atoms with E-state index in [0.29, 0.717) is 16.8 Å². The molecular formula is C20H19FN2O5S. The number of amides is 2. The summed E-state index contributed by atoms with van der Waals surface area (Å²) in [6.45, 7) is 2.94. The van der Waals surface area contributed by atoms with Gasteiger partial charge in [-0.3, -0.25) is 0 Å². The average molecular weight is 418 g/mol. The summed E-state index contributed by atoms with van der Waals surface area (Å²) in [7, 11) is -4.30. The Morgan fingerprint density at radius 3 is 2.48 bits per heavy atom. The zero-order valence-corrected chi connectivity index (χ0v) is 16.5. The molecule has 0 fully saturated rings. The maximum absolute atomic E-state index is 13.5. The fraction of sp³-hybridized carbons (Fsp3) is 0.150. The second-order valence-corrected chi connectivity index (χ2v) is 8.44. The Morgan fingerprint density at radius 1 is 1.10 bits per heavy atom. The highest BCUT2D eigenvalue weighted by molar-refractivity contribution is 7.89. The van der Waals surface area contributed by atoms with Gasteiger partial charge in [0.1, 0.15) is 5.82 Å². The first-order valence-electron chi connectivity index (χ1n) is 8.56. The normalized spacial score (nSPS) is 11.9. The standard InChI is InChI=1S/C20H19FN2O5S/c1-20(2,25)14-11-18(28-12-14)29(26,27)23-19(24)22-17-9-4-3-8-16(17)13-6-5-7-15(21)10-13/h3-12,25H,1-2H3,(H2,22,23,24). The molecule has 0 spiro atoms. The van der Waals surface area contributed by atoms with Crippen LogP contribution in [0.25, 0.3) is 11.1 Å². The Bertz CT molecular complexity index is 1150. The summed E-state index contributed by atoms with van der Waals surface area (Å²) in [6.07, 6.45) is 1.10. The predicted octanol–water partition coefficient (Wildman–Crippen LogP) is 3.82. The highest BCUT2D eigenvalue weighted by atomic mass is 32.2. The summed E-state index contributed by atoms with van der Waals surface area (Å²) in [6, 6.07) is 12.5. The number of carbonyl (C=O) groups is 1. The fourth-order valence-electron chi connectivity index (χ4n) is 2.60. The lowest BCUT2D eigenvalue weighted by Crippen LogP contribution is -2.34. The predicted molar refractivity (Wildman–Crippen MR) is 105 cm³/mol. The molecule has 0 aliphatic heterocycles. The van der Waals surface area contributed by atoms with Crippen molar-refractivity contribution in [3.63, 3.8) is 0 Å². The maximum Gasteiger partial charge on any atom is 0.333 e. The summed E-state index contributed by atoms with van der Waals surface area (Å²) < 4.78 is 45.1. The Kier molecular flexibility index (Phi) is 5.45. The van der Waals surface area contributed by atoms with Crippen LogP contribution in [0.4, 0.5) is 14.9 Å². The van der Waals surface area contributed by atoms with Crippen LogP contribution in [-0.2, 0) is 15.6 Å². The number of benzene rings is 2. The van der Waals surface area contributed by atoms with E-state index in [0.717, 1.165) is 12.3 Å². The third-order valence-corrected chi connectivity index (χ3v) is 5.28. The van der Waals surface area contributed by atoms with Gasteiger partial charge in [-0.2, -0.15) is 8.42 Å². The van der Waals surface area contributed by atoms with Gasteiger partial charge >= 0.3 is 6.03 Å². The van der Waals surface area contributed by atoms with Crippen LogP contribution >= 0.6 is 0 Å². The first-order valence-corrected chi connectivity index (χ1v) is 10.0. The van der Waals surface area contributed by atoms with Gasteiger partial charge in [0.15, 0.2) is 0 Å². The Balaban J connectivity index is 1.80. The zero-order chi connectivity index (χ0) is 21.2. The van der Waals surface area contributed by atoms with E-state index in [2.05, 4.69) is 5.32 Å². The zero-order valence-electron chi connectivity index (χ0n) is 15.6. The van der Waals surface area contributed by atoms with E-state index in [4.69, 9.17) is 4.42 Å². The molecule has 1 aromatic heterocycles. The number of urea groups is 1. The Labute approximate surface area is 167 Å². The van der Waals surface area contributed by atoms with Gasteiger partial charge in [-0.1, -0.05) is 30.3 Å². The van der Waals surface area contributed by atoms with Crippen molar-refractivity contribution in [3.05, 3.63) is 72.2 Å². The van der Waals surface area contributed by atoms with Crippen LogP contribution in [0, 0.1) is 5.82 Å². The van der Waals surface area contributed by atoms with Crippen molar-refractivity contribution in [1.29, 1.82) is 0 Å². The minimum Gasteiger partial charge on any atom is -0.451 e. The molecule has 0 aliphatic rings. The molecule has 9 heteroatoms. The molecular weight excluding hydrogens is 399 g/mol. The molecule has 0 saturated heterocycles. The van der Waals surface area contributed by atoms with Crippen LogP contribution in [0.5, 0.6) is 0 Å². The third kappa shape index (κ3) is 4.82. The van der Waals surface area contributed by atoms with Gasteiger partial charge in [0, 0.05) is 17.2 Å². The molecule has 0 radical (unpaired) electrons. The molecule has 0 bridgehead atoms. The second kappa shape index (κ2) is 7.69. The molecule has 1 heterocycles. The van der Waals surface area contributed by atoms with E-state index in [1.54, 1.807) is 30.3 Å². The van der Waals surface area contributed by atoms with Crippen molar-refractivity contribution in [2.45, 2.75) is 24.5 Å². The molecule has 3 rings (SSSR count). The van der Waals surface area contributed by atoms with Crippen LogP contribution in [0.2, 0.25) is 0 Å². The molecule has 0 atom stereocenters. The number of hydrogen-bond acceptors (Lipinski definition) is 5. The molecule has 0 unspecified atom stereocenters. The molecule has 7 nitrogen and oxygen atoms in total. The SMILES string of the molecule is CC(C)(O)c1coc(S(=O)(=O)NC(=O)Nc2ccccc2-c2cccc(F)c2)c1. The number of para-hydroxylation sites is 1. The molecule has 152 valence electrons. The van der Waals surface area contributed by atoms with Crippen LogP contribution < -0.4 is 10.0 Å². The Hall–Kier alpha value is -3.17. The van der Waals surface area contributed by atoms with E-state index >= 15 is 0 Å². The summed E-state index contributed by atoms with van der Waals surface area (Å²) in [5.74, 6) is -0.440. The number of anilines is 1. The smallest absolute Gasteiger partial charge is 0.333 e. The third-order valence-electron chi connectivity index (χ3n) is 4.08. The largest absolute Gasteiger partial charge is 0.451 e. The van der Waals surface area contributed by atoms with E-state index in [1.165, 1.54) is 32.0 Å². The van der Waals surface area contributed by atoms with Crippen molar-refractivity contribution in [3.8, 4) is 11.1 Å². The van der Waals surface area contributed by atoms with Crippen molar-refractivity contribution >= 4 is 21.7 Å². The van der Waals surface area contributed by atoms with Gasteiger partial charge < -0.3 is 14.8 Å². The van der Waals surface area contributed by atoms with E-state index in [-0.39, 0.29) is 5.56 Å². The lowest BCUT2D eigenvalue weighted by atomic mass is 10.0. The van der Waals surface area contributed by atoms with Gasteiger partial charge in [-0.05, 0) is 37.6 Å². The summed E-state index contributed by atoms with van der Waals surface area (Å²) in [4.78, 5) is 12.3. The van der Waals surface area contributed by atoms with Crippen LogP contribution in [0.3, 0.4) is 0 Å². The quantitative estimate of drug-likeness (QED) is 0.584. The topological polar surface area (TPSA) is 109 Å². The lowest BCUT2D eigenvalue weighted by Gasteiger charge is -2.13. The molecule has 29 heavy (non-hydrogen) atoms. The minimum absolute atomic E-state index is 0.245. The number of furan rings is 1. The molecule has 3 N–H and O–H groups in total. The van der Waals surface area contributed by atoms with Gasteiger partial charge in [0.25, 0.3) is 10.0 Å². The first-order chi connectivity index (χ1) is 13.6.